The number of fused-ring (bicyclic) bond motifs is 1. The smallest absolute Gasteiger partial charge is 0.0931 e. The van der Waals surface area contributed by atoms with Gasteiger partial charge < -0.3 is 11.1 Å². The summed E-state index contributed by atoms with van der Waals surface area (Å²) in [4.78, 5) is 1.17. The van der Waals surface area contributed by atoms with Crippen molar-refractivity contribution in [1.29, 1.82) is 0 Å². The van der Waals surface area contributed by atoms with Crippen LogP contribution in [0.25, 0.3) is 10.9 Å². The molecule has 0 amide bonds. The van der Waals surface area contributed by atoms with Crippen molar-refractivity contribution in [1.82, 2.24) is 10.2 Å². The molecule has 18 heavy (non-hydrogen) atoms. The van der Waals surface area contributed by atoms with Gasteiger partial charge in [0.25, 0.3) is 0 Å². The Labute approximate surface area is 113 Å². The van der Waals surface area contributed by atoms with Crippen LogP contribution in [0.2, 0.25) is 4.34 Å². The molecule has 4 N–H and O–H groups in total. The van der Waals surface area contributed by atoms with Gasteiger partial charge in [-0.2, -0.15) is 5.10 Å². The molecule has 3 rings (SSSR count). The first kappa shape index (κ1) is 11.4. The number of aromatic amines is 1. The fourth-order valence-electron chi connectivity index (χ4n) is 1.79. The largest absolute Gasteiger partial charge is 0.397 e. The van der Waals surface area contributed by atoms with Crippen LogP contribution in [-0.2, 0) is 6.54 Å². The second-order valence-electron chi connectivity index (χ2n) is 3.96. The number of hydrogen-bond donors (Lipinski definition) is 3. The number of rotatable bonds is 3. The van der Waals surface area contributed by atoms with Gasteiger partial charge in [-0.3, -0.25) is 5.10 Å². The quantitative estimate of drug-likeness (QED) is 0.643. The van der Waals surface area contributed by atoms with Crippen LogP contribution in [0.4, 0.5) is 11.4 Å². The Morgan fingerprint density at radius 3 is 3.06 bits per heavy atom. The molecule has 0 bridgehead atoms. The van der Waals surface area contributed by atoms with Gasteiger partial charge in [0.15, 0.2) is 0 Å². The monoisotopic (exact) mass is 278 g/mol. The molecule has 0 saturated carbocycles. The van der Waals surface area contributed by atoms with E-state index in [2.05, 4.69) is 15.5 Å². The minimum absolute atomic E-state index is 0.710. The van der Waals surface area contributed by atoms with Crippen LogP contribution in [0.15, 0.2) is 30.5 Å². The molecule has 0 radical (unpaired) electrons. The van der Waals surface area contributed by atoms with Crippen molar-refractivity contribution in [3.63, 3.8) is 0 Å². The first-order valence-electron chi connectivity index (χ1n) is 5.43. The molecule has 0 aliphatic carbocycles. The third-order valence-corrected chi connectivity index (χ3v) is 3.92. The van der Waals surface area contributed by atoms with E-state index < -0.39 is 0 Å². The molecular weight excluding hydrogens is 268 g/mol. The van der Waals surface area contributed by atoms with Crippen LogP contribution in [0.1, 0.15) is 4.88 Å². The summed E-state index contributed by atoms with van der Waals surface area (Å²) in [5, 5.41) is 11.2. The Balaban J connectivity index is 1.83. The van der Waals surface area contributed by atoms with Crippen molar-refractivity contribution in [2.24, 2.45) is 0 Å². The molecule has 0 spiro atoms. The maximum Gasteiger partial charge on any atom is 0.0931 e. The average molecular weight is 279 g/mol. The first-order chi connectivity index (χ1) is 8.72. The van der Waals surface area contributed by atoms with E-state index >= 15 is 0 Å². The molecule has 2 heterocycles. The van der Waals surface area contributed by atoms with Crippen LogP contribution in [-0.4, -0.2) is 10.2 Å². The van der Waals surface area contributed by atoms with Gasteiger partial charge in [-0.25, -0.2) is 0 Å². The number of nitrogens with zero attached hydrogens (tertiary/aromatic N) is 1. The molecule has 0 atom stereocenters. The van der Waals surface area contributed by atoms with Gasteiger partial charge in [-0.1, -0.05) is 11.6 Å². The minimum Gasteiger partial charge on any atom is -0.397 e. The van der Waals surface area contributed by atoms with E-state index in [1.807, 2.05) is 24.3 Å². The zero-order chi connectivity index (χ0) is 12.5. The molecule has 2 aromatic heterocycles. The molecule has 4 nitrogen and oxygen atoms in total. The van der Waals surface area contributed by atoms with E-state index in [0.29, 0.717) is 12.2 Å². The van der Waals surface area contributed by atoms with Gasteiger partial charge in [0, 0.05) is 16.8 Å². The fraction of sp³-hybridized carbons (Fsp3) is 0.0833. The number of aromatic nitrogens is 2. The van der Waals surface area contributed by atoms with E-state index in [9.17, 15) is 0 Å². The van der Waals surface area contributed by atoms with E-state index in [4.69, 9.17) is 17.3 Å². The summed E-state index contributed by atoms with van der Waals surface area (Å²) in [5.41, 5.74) is 8.57. The number of anilines is 2. The predicted octanol–water partition coefficient (Wildman–Crippen LogP) is 3.47. The zero-order valence-corrected chi connectivity index (χ0v) is 11.0. The Bertz CT molecular complexity index is 688. The van der Waals surface area contributed by atoms with E-state index in [-0.39, 0.29) is 0 Å². The standard InChI is InChI=1S/C12H11ClN4S/c13-12-2-1-8(18-12)6-15-11-4-10-7(3-9(11)14)5-16-17-10/h1-5,15H,6,14H2,(H,16,17). The summed E-state index contributed by atoms with van der Waals surface area (Å²) in [7, 11) is 0. The summed E-state index contributed by atoms with van der Waals surface area (Å²) in [6.45, 7) is 0.710. The van der Waals surface area contributed by atoms with Crippen LogP contribution < -0.4 is 11.1 Å². The molecule has 1 aromatic carbocycles. The molecule has 0 aliphatic heterocycles. The lowest BCUT2D eigenvalue weighted by atomic mass is 10.2. The minimum atomic E-state index is 0.710. The summed E-state index contributed by atoms with van der Waals surface area (Å²) in [6.07, 6.45) is 1.76. The number of thiophene rings is 1. The fourth-order valence-corrected chi connectivity index (χ4v) is 2.82. The van der Waals surface area contributed by atoms with E-state index in [1.165, 1.54) is 4.88 Å². The molecule has 0 fully saturated rings. The molecular formula is C12H11ClN4S. The number of hydrogen-bond acceptors (Lipinski definition) is 4. The van der Waals surface area contributed by atoms with Crippen molar-refractivity contribution < 1.29 is 0 Å². The molecule has 0 saturated heterocycles. The molecule has 3 aromatic rings. The summed E-state index contributed by atoms with van der Waals surface area (Å²) >= 11 is 7.45. The molecule has 92 valence electrons. The van der Waals surface area contributed by atoms with Crippen LogP contribution in [0.3, 0.4) is 0 Å². The highest BCUT2D eigenvalue weighted by Gasteiger charge is 2.04. The lowest BCUT2D eigenvalue weighted by Crippen LogP contribution is -2.01. The maximum atomic E-state index is 5.99. The SMILES string of the molecule is Nc1cc2cn[nH]c2cc1NCc1ccc(Cl)s1. The zero-order valence-electron chi connectivity index (χ0n) is 9.40. The topological polar surface area (TPSA) is 66.7 Å². The highest BCUT2D eigenvalue weighted by molar-refractivity contribution is 7.16. The number of nitrogens with one attached hydrogen (secondary N) is 2. The summed E-state index contributed by atoms with van der Waals surface area (Å²) in [6, 6.07) is 7.77. The van der Waals surface area contributed by atoms with Crippen molar-refractivity contribution >= 4 is 45.2 Å². The van der Waals surface area contributed by atoms with Gasteiger partial charge in [-0.05, 0) is 24.3 Å². The van der Waals surface area contributed by atoms with Crippen LogP contribution in [0, 0.1) is 0 Å². The number of benzene rings is 1. The highest BCUT2D eigenvalue weighted by Crippen LogP contribution is 2.27. The van der Waals surface area contributed by atoms with Gasteiger partial charge in [-0.15, -0.1) is 11.3 Å². The van der Waals surface area contributed by atoms with Gasteiger partial charge >= 0.3 is 0 Å². The van der Waals surface area contributed by atoms with Crippen molar-refractivity contribution in [2.75, 3.05) is 11.1 Å². The number of nitrogens with two attached hydrogens (primary N) is 1. The molecule has 0 aliphatic rings. The van der Waals surface area contributed by atoms with Crippen molar-refractivity contribution in [3.05, 3.63) is 39.7 Å². The summed E-state index contributed by atoms with van der Waals surface area (Å²) in [5.74, 6) is 0. The van der Waals surface area contributed by atoms with E-state index in [1.54, 1.807) is 17.5 Å². The van der Waals surface area contributed by atoms with Crippen LogP contribution in [0.5, 0.6) is 0 Å². The second-order valence-corrected chi connectivity index (χ2v) is 5.76. The lowest BCUT2D eigenvalue weighted by Gasteiger charge is -2.08. The summed E-state index contributed by atoms with van der Waals surface area (Å²) < 4.78 is 0.795. The molecule has 6 heteroatoms. The number of halogens is 1. The maximum absolute atomic E-state index is 5.99. The van der Waals surface area contributed by atoms with Crippen LogP contribution >= 0.6 is 22.9 Å². The lowest BCUT2D eigenvalue weighted by molar-refractivity contribution is 1.12. The normalized spacial score (nSPS) is 10.9. The Hall–Kier alpha value is -1.72. The number of H-pyrrole nitrogens is 1. The first-order valence-corrected chi connectivity index (χ1v) is 6.62. The highest BCUT2D eigenvalue weighted by atomic mass is 35.5. The second kappa shape index (κ2) is 4.51. The Kier molecular flexibility index (Phi) is 2.85. The Morgan fingerprint density at radius 1 is 1.39 bits per heavy atom. The predicted molar refractivity (Wildman–Crippen MR) is 77.2 cm³/mol. The van der Waals surface area contributed by atoms with Crippen molar-refractivity contribution in [3.8, 4) is 0 Å². The van der Waals surface area contributed by atoms with Gasteiger partial charge in [0.2, 0.25) is 0 Å². The third kappa shape index (κ3) is 2.14. The number of nitrogen functional groups attached to an aromatic ring is 1. The van der Waals surface area contributed by atoms with Gasteiger partial charge in [0.1, 0.15) is 0 Å². The van der Waals surface area contributed by atoms with Gasteiger partial charge in [0.05, 0.1) is 27.4 Å². The van der Waals surface area contributed by atoms with E-state index in [0.717, 1.165) is 20.9 Å². The average Bonchev–Trinajstić information content (AvgIpc) is 2.94. The van der Waals surface area contributed by atoms with Crippen molar-refractivity contribution in [2.45, 2.75) is 6.54 Å². The third-order valence-electron chi connectivity index (χ3n) is 2.69. The Morgan fingerprint density at radius 2 is 2.28 bits per heavy atom. The molecule has 0 unspecified atom stereocenters.